The molecule has 0 spiro atoms. The Morgan fingerprint density at radius 1 is 1.20 bits per heavy atom. The molecule has 2 unspecified atom stereocenters. The molecule has 0 aromatic heterocycles. The first-order valence-corrected chi connectivity index (χ1v) is 5.80. The molecule has 0 bridgehead atoms. The zero-order valence-corrected chi connectivity index (χ0v) is 9.42. The second kappa shape index (κ2) is 5.77. The van der Waals surface area contributed by atoms with Gasteiger partial charge in [0, 0.05) is 19.3 Å². The van der Waals surface area contributed by atoms with Crippen LogP contribution < -0.4 is 10.3 Å². The van der Waals surface area contributed by atoms with Crippen molar-refractivity contribution in [1.29, 1.82) is 0 Å². The SMILES string of the molecule is C[NH+]([O-])C1(CCCC[NH+]([O-])O)CCCC1. The normalized spacial score (nSPS) is 24.0. The first kappa shape index (κ1) is 12.9. The molecule has 5 heteroatoms. The van der Waals surface area contributed by atoms with Gasteiger partial charge in [0.2, 0.25) is 0 Å². The van der Waals surface area contributed by atoms with Gasteiger partial charge in [0.05, 0.1) is 12.6 Å². The number of unbranched alkanes of at least 4 members (excludes halogenated alkanes) is 1. The number of rotatable bonds is 6. The fraction of sp³-hybridized carbons (Fsp3) is 1.00. The van der Waals surface area contributed by atoms with Crippen LogP contribution in [0.25, 0.3) is 0 Å². The van der Waals surface area contributed by atoms with Crippen molar-refractivity contribution in [3.8, 4) is 0 Å². The van der Waals surface area contributed by atoms with Crippen LogP contribution in [-0.4, -0.2) is 24.3 Å². The number of quaternary nitrogens is 2. The maximum atomic E-state index is 11.6. The third-order valence-corrected chi connectivity index (χ3v) is 3.60. The summed E-state index contributed by atoms with van der Waals surface area (Å²) in [6.07, 6.45) is 6.77. The molecule has 5 nitrogen and oxygen atoms in total. The molecule has 1 saturated carbocycles. The molecule has 0 aromatic rings. The maximum Gasteiger partial charge on any atom is 0.106 e. The summed E-state index contributed by atoms with van der Waals surface area (Å²) in [5, 5.41) is 30.0. The minimum Gasteiger partial charge on any atom is -0.634 e. The molecule has 0 aliphatic heterocycles. The van der Waals surface area contributed by atoms with Gasteiger partial charge in [-0.25, -0.2) is 10.4 Å². The lowest BCUT2D eigenvalue weighted by molar-refractivity contribution is -1.05. The third-order valence-electron chi connectivity index (χ3n) is 3.60. The fourth-order valence-electron chi connectivity index (χ4n) is 2.57. The lowest BCUT2D eigenvalue weighted by Crippen LogP contribution is -3.13. The van der Waals surface area contributed by atoms with Crippen LogP contribution >= 0.6 is 0 Å². The lowest BCUT2D eigenvalue weighted by Gasteiger charge is -2.38. The Labute approximate surface area is 90.8 Å². The van der Waals surface area contributed by atoms with Gasteiger partial charge in [0.25, 0.3) is 0 Å². The summed E-state index contributed by atoms with van der Waals surface area (Å²) in [4.78, 5) is 0. The average Bonchev–Trinajstić information content (AvgIpc) is 2.62. The highest BCUT2D eigenvalue weighted by Crippen LogP contribution is 2.30. The van der Waals surface area contributed by atoms with Crippen LogP contribution in [0.3, 0.4) is 0 Å². The standard InChI is InChI=1S/C10H22N2O3/c1-11(13)10(6-2-3-7-10)8-4-5-9-12(14)15/h11-12,14H,2-9H2,1H3. The predicted molar refractivity (Wildman–Crippen MR) is 56.3 cm³/mol. The quantitative estimate of drug-likeness (QED) is 0.406. The largest absolute Gasteiger partial charge is 0.634 e. The average molecular weight is 218 g/mol. The van der Waals surface area contributed by atoms with E-state index in [0.717, 1.165) is 38.5 Å². The van der Waals surface area contributed by atoms with Gasteiger partial charge in [0.15, 0.2) is 0 Å². The van der Waals surface area contributed by atoms with Gasteiger partial charge in [0.1, 0.15) is 6.54 Å². The van der Waals surface area contributed by atoms with Crippen LogP contribution in [-0.2, 0) is 0 Å². The van der Waals surface area contributed by atoms with Crippen molar-refractivity contribution in [2.75, 3.05) is 13.6 Å². The van der Waals surface area contributed by atoms with E-state index >= 15 is 0 Å². The van der Waals surface area contributed by atoms with Gasteiger partial charge in [-0.2, -0.15) is 0 Å². The van der Waals surface area contributed by atoms with Gasteiger partial charge < -0.3 is 15.5 Å². The van der Waals surface area contributed by atoms with E-state index in [1.54, 1.807) is 7.05 Å². The zero-order chi connectivity index (χ0) is 11.3. The minimum absolute atomic E-state index is 0.0987. The molecule has 3 N–H and O–H groups in total. The summed E-state index contributed by atoms with van der Waals surface area (Å²) in [7, 11) is 1.68. The third kappa shape index (κ3) is 3.70. The van der Waals surface area contributed by atoms with E-state index in [1.807, 2.05) is 0 Å². The van der Waals surface area contributed by atoms with Crippen LogP contribution in [0.1, 0.15) is 44.9 Å². The van der Waals surface area contributed by atoms with E-state index in [1.165, 1.54) is 0 Å². The predicted octanol–water partition coefficient (Wildman–Crippen LogP) is -0.746. The van der Waals surface area contributed by atoms with E-state index in [0.29, 0.717) is 11.5 Å². The van der Waals surface area contributed by atoms with Crippen molar-refractivity contribution in [2.45, 2.75) is 50.5 Å². The van der Waals surface area contributed by atoms with E-state index in [2.05, 4.69) is 0 Å². The maximum absolute atomic E-state index is 11.6. The second-order valence-electron chi connectivity index (χ2n) is 4.64. The van der Waals surface area contributed by atoms with Crippen molar-refractivity contribution in [2.24, 2.45) is 0 Å². The summed E-state index contributed by atoms with van der Waals surface area (Å²) < 4.78 is 0. The molecule has 1 aliphatic carbocycles. The highest BCUT2D eigenvalue weighted by atomic mass is 16.8. The van der Waals surface area contributed by atoms with Crippen molar-refractivity contribution >= 4 is 0 Å². The number of hydrogen-bond acceptors (Lipinski definition) is 3. The summed E-state index contributed by atoms with van der Waals surface area (Å²) in [6, 6.07) is 0. The minimum atomic E-state index is -0.738. The van der Waals surface area contributed by atoms with Gasteiger partial charge >= 0.3 is 0 Å². The fourth-order valence-corrected chi connectivity index (χ4v) is 2.57. The Morgan fingerprint density at radius 3 is 2.27 bits per heavy atom. The van der Waals surface area contributed by atoms with Crippen LogP contribution in [0.2, 0.25) is 0 Å². The van der Waals surface area contributed by atoms with Gasteiger partial charge in [-0.15, -0.1) is 0 Å². The van der Waals surface area contributed by atoms with Gasteiger partial charge in [-0.1, -0.05) is 0 Å². The first-order chi connectivity index (χ1) is 7.07. The first-order valence-electron chi connectivity index (χ1n) is 5.80. The molecule has 2 atom stereocenters. The summed E-state index contributed by atoms with van der Waals surface area (Å²) >= 11 is 0. The highest BCUT2D eigenvalue weighted by molar-refractivity contribution is 4.84. The molecule has 0 radical (unpaired) electrons. The Morgan fingerprint density at radius 2 is 1.80 bits per heavy atom. The molecule has 15 heavy (non-hydrogen) atoms. The molecule has 1 aliphatic rings. The topological polar surface area (TPSA) is 75.2 Å². The molecule has 0 aromatic carbocycles. The van der Waals surface area contributed by atoms with Gasteiger partial charge in [-0.3, -0.25) is 0 Å². The Hall–Kier alpha value is -0.200. The molecule has 90 valence electrons. The van der Waals surface area contributed by atoms with E-state index < -0.39 is 5.23 Å². The zero-order valence-electron chi connectivity index (χ0n) is 9.42. The van der Waals surface area contributed by atoms with E-state index in [9.17, 15) is 10.4 Å². The molecular formula is C10H22N2O3. The monoisotopic (exact) mass is 218 g/mol. The molecule has 1 rings (SSSR count). The molecule has 0 amide bonds. The summed E-state index contributed by atoms with van der Waals surface area (Å²) in [6.45, 7) is 0.230. The Balaban J connectivity index is 2.27. The van der Waals surface area contributed by atoms with Crippen molar-refractivity contribution < 1.29 is 15.5 Å². The lowest BCUT2D eigenvalue weighted by atomic mass is 9.90. The summed E-state index contributed by atoms with van der Waals surface area (Å²) in [5.41, 5.74) is -0.0987. The van der Waals surface area contributed by atoms with E-state index in [4.69, 9.17) is 5.21 Å². The van der Waals surface area contributed by atoms with Crippen LogP contribution in [0.4, 0.5) is 0 Å². The Kier molecular flexibility index (Phi) is 4.95. The van der Waals surface area contributed by atoms with Crippen molar-refractivity contribution in [3.05, 3.63) is 10.4 Å². The van der Waals surface area contributed by atoms with Crippen LogP contribution in [0, 0.1) is 10.4 Å². The summed E-state index contributed by atoms with van der Waals surface area (Å²) in [5.74, 6) is 0. The molecular weight excluding hydrogens is 196 g/mol. The number of hydrogen-bond donors (Lipinski definition) is 3. The van der Waals surface area contributed by atoms with Crippen molar-refractivity contribution in [1.82, 2.24) is 0 Å². The van der Waals surface area contributed by atoms with E-state index in [-0.39, 0.29) is 12.1 Å². The number of hydroxylamine groups is 4. The molecule has 0 saturated heterocycles. The van der Waals surface area contributed by atoms with Crippen molar-refractivity contribution in [3.63, 3.8) is 0 Å². The Bertz CT molecular complexity index is 180. The molecule has 0 heterocycles. The smallest absolute Gasteiger partial charge is 0.106 e. The second-order valence-corrected chi connectivity index (χ2v) is 4.64. The van der Waals surface area contributed by atoms with Crippen LogP contribution in [0.15, 0.2) is 0 Å². The van der Waals surface area contributed by atoms with Crippen LogP contribution in [0.5, 0.6) is 0 Å². The highest BCUT2D eigenvalue weighted by Gasteiger charge is 2.37. The van der Waals surface area contributed by atoms with Gasteiger partial charge in [-0.05, 0) is 25.7 Å². The number of nitrogens with one attached hydrogen (secondary N) is 2. The molecule has 1 fully saturated rings.